The molecule has 29 heavy (non-hydrogen) atoms. The maximum atomic E-state index is 11.5. The predicted molar refractivity (Wildman–Crippen MR) is 109 cm³/mol. The normalized spacial score (nSPS) is 13.0. The lowest BCUT2D eigenvalue weighted by Crippen LogP contribution is -2.32. The van der Waals surface area contributed by atoms with Crippen molar-refractivity contribution in [1.82, 2.24) is 0 Å². The molecule has 0 rings (SSSR count). The van der Waals surface area contributed by atoms with Gasteiger partial charge in [0.05, 0.1) is 19.6 Å². The predicted octanol–water partition coefficient (Wildman–Crippen LogP) is 3.10. The third-order valence-electron chi connectivity index (χ3n) is 4.01. The Morgan fingerprint density at radius 1 is 0.897 bits per heavy atom. The van der Waals surface area contributed by atoms with Crippen LogP contribution in [0.5, 0.6) is 0 Å². The van der Waals surface area contributed by atoms with Gasteiger partial charge in [-0.3, -0.25) is 18.9 Å². The Balaban J connectivity index is 3.61. The van der Waals surface area contributed by atoms with Crippen LogP contribution < -0.4 is 0 Å². The van der Waals surface area contributed by atoms with E-state index in [1.54, 1.807) is 13.8 Å². The zero-order valence-corrected chi connectivity index (χ0v) is 19.3. The summed E-state index contributed by atoms with van der Waals surface area (Å²) in [6.07, 6.45) is 6.36. The fourth-order valence-electron chi connectivity index (χ4n) is 2.32. The third-order valence-corrected chi connectivity index (χ3v) is 5.42. The van der Waals surface area contributed by atoms with Gasteiger partial charge in [-0.05, 0) is 26.7 Å². The van der Waals surface area contributed by atoms with Crippen molar-refractivity contribution in [3.05, 3.63) is 0 Å². The summed E-state index contributed by atoms with van der Waals surface area (Å²) in [5, 5.41) is 6.50. The van der Waals surface area contributed by atoms with Crippen LogP contribution in [0.3, 0.4) is 0 Å². The van der Waals surface area contributed by atoms with E-state index < -0.39 is 38.1 Å². The minimum atomic E-state index is -4.85. The van der Waals surface area contributed by atoms with E-state index in [1.807, 2.05) is 0 Å². The Kier molecular flexibility index (Phi) is 13.3. The van der Waals surface area contributed by atoms with Crippen molar-refractivity contribution in [2.45, 2.75) is 81.2 Å². The highest BCUT2D eigenvalue weighted by Crippen LogP contribution is 2.18. The number of carboxylic acids is 1. The van der Waals surface area contributed by atoms with Gasteiger partial charge in [0, 0.05) is 0 Å². The largest absolute Gasteiger partial charge is 0.480 e. The van der Waals surface area contributed by atoms with Crippen LogP contribution in [-0.2, 0) is 34.0 Å². The molecule has 2 N–H and O–H groups in total. The van der Waals surface area contributed by atoms with Crippen LogP contribution in [-0.4, -0.2) is 58.8 Å². The van der Waals surface area contributed by atoms with E-state index in [2.05, 4.69) is 15.9 Å². The molecule has 0 aliphatic rings. The molecule has 11 heteroatoms. The van der Waals surface area contributed by atoms with Gasteiger partial charge in [0.25, 0.3) is 10.1 Å². The Morgan fingerprint density at radius 3 is 1.69 bits per heavy atom. The number of halogens is 1. The standard InChI is InChI=1S/C18H31BrO9S/c1-18(2,19)17(23)28-12-10-8-6-4-3-5-7-9-11-27-15(20)13-14(16(21)22)29(24,25)26/h14H,3-13H2,1-2H3,(H,21,22)(H,24,25,26). The topological polar surface area (TPSA) is 144 Å². The molecule has 0 spiro atoms. The lowest BCUT2D eigenvalue weighted by molar-refractivity contribution is -0.147. The molecule has 0 aromatic rings. The fourth-order valence-corrected chi connectivity index (χ4v) is 3.03. The minimum absolute atomic E-state index is 0.0753. The van der Waals surface area contributed by atoms with Gasteiger partial charge >= 0.3 is 17.9 Å². The minimum Gasteiger partial charge on any atom is -0.480 e. The zero-order chi connectivity index (χ0) is 22.5. The molecule has 1 atom stereocenters. The molecule has 0 amide bonds. The van der Waals surface area contributed by atoms with E-state index in [4.69, 9.17) is 19.1 Å². The van der Waals surface area contributed by atoms with Gasteiger partial charge < -0.3 is 14.6 Å². The Morgan fingerprint density at radius 2 is 1.31 bits per heavy atom. The lowest BCUT2D eigenvalue weighted by atomic mass is 10.1. The second-order valence-electron chi connectivity index (χ2n) is 7.20. The molecule has 170 valence electrons. The molecule has 0 aliphatic carbocycles. The molecule has 0 heterocycles. The van der Waals surface area contributed by atoms with Crippen LogP contribution in [0.15, 0.2) is 0 Å². The monoisotopic (exact) mass is 502 g/mol. The summed E-state index contributed by atoms with van der Waals surface area (Å²) in [4.78, 5) is 33.7. The zero-order valence-electron chi connectivity index (χ0n) is 16.9. The molecule has 0 aromatic heterocycles. The molecule has 0 bridgehead atoms. The fraction of sp³-hybridized carbons (Fsp3) is 0.833. The second-order valence-corrected chi connectivity index (χ2v) is 10.8. The third kappa shape index (κ3) is 14.4. The highest BCUT2D eigenvalue weighted by atomic mass is 79.9. The van der Waals surface area contributed by atoms with Crippen LogP contribution in [0, 0.1) is 0 Å². The van der Waals surface area contributed by atoms with Crippen molar-refractivity contribution < 1.29 is 41.9 Å². The SMILES string of the molecule is CC(C)(Br)C(=O)OCCCCCCCCCCOC(=O)CC(C(=O)O)S(=O)(=O)O. The summed E-state index contributed by atoms with van der Waals surface area (Å²) in [6, 6.07) is 0. The quantitative estimate of drug-likeness (QED) is 0.140. The van der Waals surface area contributed by atoms with Crippen molar-refractivity contribution >= 4 is 44.0 Å². The molecular formula is C18H31BrO9S. The van der Waals surface area contributed by atoms with Gasteiger partial charge in [0.2, 0.25) is 0 Å². The average Bonchev–Trinajstić information content (AvgIpc) is 2.58. The van der Waals surface area contributed by atoms with Crippen LogP contribution >= 0.6 is 15.9 Å². The summed E-state index contributed by atoms with van der Waals surface area (Å²) in [5.41, 5.74) is 0. The molecule has 0 saturated heterocycles. The van der Waals surface area contributed by atoms with E-state index in [9.17, 15) is 22.8 Å². The van der Waals surface area contributed by atoms with Crippen LogP contribution in [0.25, 0.3) is 0 Å². The summed E-state index contributed by atoms with van der Waals surface area (Å²) in [5.74, 6) is -3.04. The number of esters is 2. The van der Waals surface area contributed by atoms with Gasteiger partial charge in [0.1, 0.15) is 4.32 Å². The van der Waals surface area contributed by atoms with Crippen LogP contribution in [0.1, 0.15) is 71.6 Å². The van der Waals surface area contributed by atoms with E-state index in [-0.39, 0.29) is 12.6 Å². The number of ether oxygens (including phenoxy) is 2. The van der Waals surface area contributed by atoms with E-state index in [0.717, 1.165) is 44.9 Å². The molecule has 9 nitrogen and oxygen atoms in total. The number of alkyl halides is 1. The van der Waals surface area contributed by atoms with Crippen molar-refractivity contribution in [3.8, 4) is 0 Å². The molecule has 0 saturated carbocycles. The lowest BCUT2D eigenvalue weighted by Gasteiger charge is -2.14. The van der Waals surface area contributed by atoms with Gasteiger partial charge in [-0.15, -0.1) is 0 Å². The van der Waals surface area contributed by atoms with Crippen molar-refractivity contribution in [2.24, 2.45) is 0 Å². The Hall–Kier alpha value is -1.20. The number of carbonyl (C=O) groups excluding carboxylic acids is 2. The first kappa shape index (κ1) is 27.8. The summed E-state index contributed by atoms with van der Waals surface area (Å²) in [6.45, 7) is 3.97. The first-order valence-corrected chi connectivity index (χ1v) is 11.9. The summed E-state index contributed by atoms with van der Waals surface area (Å²) >= 11 is 3.24. The van der Waals surface area contributed by atoms with Gasteiger partial charge in [-0.25, -0.2) is 0 Å². The number of carboxylic acid groups (broad SMARTS) is 1. The molecule has 0 aromatic carbocycles. The maximum absolute atomic E-state index is 11.5. The highest BCUT2D eigenvalue weighted by molar-refractivity contribution is 9.10. The van der Waals surface area contributed by atoms with Gasteiger partial charge in [-0.1, -0.05) is 54.5 Å². The number of rotatable bonds is 16. The van der Waals surface area contributed by atoms with Crippen molar-refractivity contribution in [3.63, 3.8) is 0 Å². The van der Waals surface area contributed by atoms with Crippen molar-refractivity contribution in [2.75, 3.05) is 13.2 Å². The van der Waals surface area contributed by atoms with E-state index in [1.165, 1.54) is 0 Å². The summed E-state index contributed by atoms with van der Waals surface area (Å²) in [7, 11) is -4.85. The first-order valence-electron chi connectivity index (χ1n) is 9.56. The number of hydrogen-bond donors (Lipinski definition) is 2. The Labute approximate surface area is 180 Å². The van der Waals surface area contributed by atoms with Crippen LogP contribution in [0.4, 0.5) is 0 Å². The van der Waals surface area contributed by atoms with Crippen LogP contribution in [0.2, 0.25) is 0 Å². The van der Waals surface area contributed by atoms with E-state index >= 15 is 0 Å². The number of aliphatic carboxylic acids is 1. The average molecular weight is 503 g/mol. The smallest absolute Gasteiger partial charge is 0.325 e. The first-order chi connectivity index (χ1) is 13.4. The number of hydrogen-bond acceptors (Lipinski definition) is 7. The second kappa shape index (κ2) is 13.9. The molecule has 0 radical (unpaired) electrons. The maximum Gasteiger partial charge on any atom is 0.325 e. The Bertz CT molecular complexity index is 626. The van der Waals surface area contributed by atoms with Gasteiger partial charge in [-0.2, -0.15) is 8.42 Å². The molecule has 0 fully saturated rings. The summed E-state index contributed by atoms with van der Waals surface area (Å²) < 4.78 is 39.8. The van der Waals surface area contributed by atoms with Crippen molar-refractivity contribution in [1.29, 1.82) is 0 Å². The van der Waals surface area contributed by atoms with Gasteiger partial charge in [0.15, 0.2) is 5.25 Å². The number of unbranched alkanes of at least 4 members (excludes halogenated alkanes) is 7. The highest BCUT2D eigenvalue weighted by Gasteiger charge is 2.33. The van der Waals surface area contributed by atoms with E-state index in [0.29, 0.717) is 13.0 Å². The molecule has 1 unspecified atom stereocenters. The molecule has 0 aliphatic heterocycles. The molecular weight excluding hydrogens is 472 g/mol. The number of carbonyl (C=O) groups is 3.